The summed E-state index contributed by atoms with van der Waals surface area (Å²) in [7, 11) is 0. The van der Waals surface area contributed by atoms with E-state index in [-0.39, 0.29) is 17.4 Å². The van der Waals surface area contributed by atoms with Crippen molar-refractivity contribution in [3.63, 3.8) is 0 Å². The monoisotopic (exact) mass is 430 g/mol. The smallest absolute Gasteiger partial charge is 0.254 e. The molecule has 0 unspecified atom stereocenters. The SMILES string of the molecule is CCN(Cc1cnn(CC)c1C)C(=O)c1cc(-c2cccc(O)c2)nc2ccc(O)cc12. The van der Waals surface area contributed by atoms with Gasteiger partial charge < -0.3 is 15.1 Å². The van der Waals surface area contributed by atoms with Gasteiger partial charge in [-0.15, -0.1) is 0 Å². The van der Waals surface area contributed by atoms with Crippen molar-refractivity contribution in [1.29, 1.82) is 0 Å². The van der Waals surface area contributed by atoms with Crippen LogP contribution < -0.4 is 0 Å². The second-order valence-electron chi connectivity index (χ2n) is 7.70. The Morgan fingerprint density at radius 1 is 1.06 bits per heavy atom. The van der Waals surface area contributed by atoms with E-state index in [1.807, 2.05) is 37.7 Å². The molecule has 0 aliphatic heterocycles. The number of pyridine rings is 1. The van der Waals surface area contributed by atoms with Gasteiger partial charge in [0.25, 0.3) is 5.91 Å². The maximum atomic E-state index is 13.7. The summed E-state index contributed by atoms with van der Waals surface area (Å²) in [6.45, 7) is 7.70. The Labute approximate surface area is 186 Å². The van der Waals surface area contributed by atoms with Gasteiger partial charge in [0.05, 0.1) is 23.0 Å². The molecule has 0 aliphatic carbocycles. The lowest BCUT2D eigenvalue weighted by Crippen LogP contribution is -2.30. The standard InChI is InChI=1S/C25H26N4O3/c1-4-28(15-18-14-26-29(5-2)16(18)3)25(32)22-13-24(17-7-6-8-19(30)11-17)27-23-10-9-20(31)12-21(22)23/h6-14,30-31H,4-5,15H2,1-3H3. The van der Waals surface area contributed by atoms with Crippen LogP contribution in [0.5, 0.6) is 11.5 Å². The molecule has 0 atom stereocenters. The third-order valence-corrected chi connectivity index (χ3v) is 5.70. The average molecular weight is 431 g/mol. The van der Waals surface area contributed by atoms with Gasteiger partial charge in [-0.1, -0.05) is 12.1 Å². The summed E-state index contributed by atoms with van der Waals surface area (Å²) in [5.74, 6) is 0.0405. The van der Waals surface area contributed by atoms with Gasteiger partial charge in [-0.2, -0.15) is 5.10 Å². The van der Waals surface area contributed by atoms with Crippen LogP contribution in [0.4, 0.5) is 0 Å². The lowest BCUT2D eigenvalue weighted by molar-refractivity contribution is 0.0754. The predicted octanol–water partition coefficient (Wildman–Crippen LogP) is 4.50. The van der Waals surface area contributed by atoms with Gasteiger partial charge in [0.15, 0.2) is 0 Å². The van der Waals surface area contributed by atoms with Crippen LogP contribution in [0, 0.1) is 6.92 Å². The van der Waals surface area contributed by atoms with E-state index in [9.17, 15) is 15.0 Å². The maximum Gasteiger partial charge on any atom is 0.254 e. The normalized spacial score (nSPS) is 11.1. The topological polar surface area (TPSA) is 91.5 Å². The highest BCUT2D eigenvalue weighted by molar-refractivity contribution is 6.07. The Kier molecular flexibility index (Phi) is 5.81. The number of aromatic nitrogens is 3. The summed E-state index contributed by atoms with van der Waals surface area (Å²) in [5.41, 5.74) is 4.36. The van der Waals surface area contributed by atoms with Gasteiger partial charge >= 0.3 is 0 Å². The molecule has 32 heavy (non-hydrogen) atoms. The number of carbonyl (C=O) groups excluding carboxylic acids is 1. The van der Waals surface area contributed by atoms with Gasteiger partial charge in [0.1, 0.15) is 11.5 Å². The predicted molar refractivity (Wildman–Crippen MR) is 124 cm³/mol. The number of phenolic OH excluding ortho intramolecular Hbond substituents is 2. The fourth-order valence-electron chi connectivity index (χ4n) is 3.87. The molecular formula is C25H26N4O3. The summed E-state index contributed by atoms with van der Waals surface area (Å²) in [6.07, 6.45) is 1.81. The number of aryl methyl sites for hydroxylation is 1. The highest BCUT2D eigenvalue weighted by Crippen LogP contribution is 2.30. The van der Waals surface area contributed by atoms with Crippen molar-refractivity contribution < 1.29 is 15.0 Å². The van der Waals surface area contributed by atoms with Crippen molar-refractivity contribution >= 4 is 16.8 Å². The van der Waals surface area contributed by atoms with Crippen molar-refractivity contribution in [1.82, 2.24) is 19.7 Å². The summed E-state index contributed by atoms with van der Waals surface area (Å²) < 4.78 is 1.91. The minimum atomic E-state index is -0.157. The van der Waals surface area contributed by atoms with Crippen LogP contribution in [0.2, 0.25) is 0 Å². The number of amides is 1. The van der Waals surface area contributed by atoms with Crippen LogP contribution in [-0.2, 0) is 13.1 Å². The van der Waals surface area contributed by atoms with Crippen LogP contribution >= 0.6 is 0 Å². The van der Waals surface area contributed by atoms with E-state index in [0.717, 1.165) is 17.8 Å². The fraction of sp³-hybridized carbons (Fsp3) is 0.240. The molecule has 2 aromatic carbocycles. The van der Waals surface area contributed by atoms with Crippen molar-refractivity contribution in [3.05, 3.63) is 71.5 Å². The Bertz CT molecular complexity index is 1300. The zero-order valence-corrected chi connectivity index (χ0v) is 18.4. The molecule has 7 nitrogen and oxygen atoms in total. The molecular weight excluding hydrogens is 404 g/mol. The van der Waals surface area contributed by atoms with E-state index in [0.29, 0.717) is 40.8 Å². The molecule has 2 N–H and O–H groups in total. The maximum absolute atomic E-state index is 13.7. The van der Waals surface area contributed by atoms with Crippen LogP contribution in [0.25, 0.3) is 22.2 Å². The summed E-state index contributed by atoms with van der Waals surface area (Å²) in [5, 5.41) is 24.9. The van der Waals surface area contributed by atoms with Gasteiger partial charge in [-0.25, -0.2) is 4.98 Å². The second-order valence-corrected chi connectivity index (χ2v) is 7.70. The number of fused-ring (bicyclic) bond motifs is 1. The largest absolute Gasteiger partial charge is 0.508 e. The molecule has 0 saturated carbocycles. The number of aromatic hydroxyl groups is 2. The van der Waals surface area contributed by atoms with Gasteiger partial charge in [0.2, 0.25) is 0 Å². The highest BCUT2D eigenvalue weighted by Gasteiger charge is 2.21. The third-order valence-electron chi connectivity index (χ3n) is 5.70. The number of benzene rings is 2. The molecule has 2 aromatic heterocycles. The number of hydrogen-bond donors (Lipinski definition) is 2. The van der Waals surface area contributed by atoms with E-state index in [2.05, 4.69) is 10.1 Å². The fourth-order valence-corrected chi connectivity index (χ4v) is 3.87. The number of rotatable bonds is 6. The first kappa shape index (κ1) is 21.4. The van der Waals surface area contributed by atoms with E-state index in [1.165, 1.54) is 0 Å². The zero-order valence-electron chi connectivity index (χ0n) is 18.4. The average Bonchev–Trinajstić information content (AvgIpc) is 3.15. The van der Waals surface area contributed by atoms with Crippen molar-refractivity contribution in [3.8, 4) is 22.8 Å². The Balaban J connectivity index is 1.80. The van der Waals surface area contributed by atoms with Crippen molar-refractivity contribution in [2.45, 2.75) is 33.9 Å². The third kappa shape index (κ3) is 4.01. The van der Waals surface area contributed by atoms with Gasteiger partial charge in [-0.05, 0) is 57.2 Å². The number of phenols is 2. The zero-order chi connectivity index (χ0) is 22.8. The minimum Gasteiger partial charge on any atom is -0.508 e. The molecule has 0 bridgehead atoms. The quantitative estimate of drug-likeness (QED) is 0.470. The van der Waals surface area contributed by atoms with E-state index in [4.69, 9.17) is 0 Å². The van der Waals surface area contributed by atoms with Crippen molar-refractivity contribution in [2.24, 2.45) is 0 Å². The molecule has 164 valence electrons. The second kappa shape index (κ2) is 8.70. The molecule has 0 saturated heterocycles. The molecule has 4 aromatic rings. The van der Waals surface area contributed by atoms with Crippen LogP contribution in [0.3, 0.4) is 0 Å². The first-order valence-corrected chi connectivity index (χ1v) is 10.6. The lowest BCUT2D eigenvalue weighted by Gasteiger charge is -2.22. The molecule has 2 heterocycles. The number of nitrogens with zero attached hydrogens (tertiary/aromatic N) is 4. The molecule has 0 aliphatic rings. The lowest BCUT2D eigenvalue weighted by atomic mass is 10.0. The van der Waals surface area contributed by atoms with E-state index < -0.39 is 0 Å². The Hall–Kier alpha value is -3.87. The summed E-state index contributed by atoms with van der Waals surface area (Å²) >= 11 is 0. The minimum absolute atomic E-state index is 0.0709. The number of carbonyl (C=O) groups is 1. The van der Waals surface area contributed by atoms with Crippen LogP contribution in [-0.4, -0.2) is 42.3 Å². The number of hydrogen-bond acceptors (Lipinski definition) is 5. The van der Waals surface area contributed by atoms with Crippen LogP contribution in [0.15, 0.2) is 54.7 Å². The van der Waals surface area contributed by atoms with E-state index >= 15 is 0 Å². The Morgan fingerprint density at radius 2 is 1.84 bits per heavy atom. The molecule has 4 rings (SSSR count). The van der Waals surface area contributed by atoms with Gasteiger partial charge in [-0.3, -0.25) is 9.48 Å². The first-order chi connectivity index (χ1) is 15.4. The molecule has 1 amide bonds. The summed E-state index contributed by atoms with van der Waals surface area (Å²) in [6, 6.07) is 13.3. The highest BCUT2D eigenvalue weighted by atomic mass is 16.3. The molecule has 0 spiro atoms. The molecule has 7 heteroatoms. The molecule has 0 fully saturated rings. The van der Waals surface area contributed by atoms with Gasteiger partial charge in [0, 0.05) is 41.8 Å². The van der Waals surface area contributed by atoms with Crippen LogP contribution in [0.1, 0.15) is 35.5 Å². The first-order valence-electron chi connectivity index (χ1n) is 10.6. The van der Waals surface area contributed by atoms with Crippen molar-refractivity contribution in [2.75, 3.05) is 6.54 Å². The molecule has 0 radical (unpaired) electrons. The summed E-state index contributed by atoms with van der Waals surface area (Å²) in [4.78, 5) is 20.1. The van der Waals surface area contributed by atoms with E-state index in [1.54, 1.807) is 47.4 Å². The Morgan fingerprint density at radius 3 is 2.53 bits per heavy atom.